The van der Waals surface area contributed by atoms with Gasteiger partial charge in [0.25, 0.3) is 5.91 Å². The van der Waals surface area contributed by atoms with Gasteiger partial charge in [-0.3, -0.25) is 0 Å². The number of methoxy groups -OCH3 is 2. The van der Waals surface area contributed by atoms with E-state index in [2.05, 4.69) is 22.2 Å². The van der Waals surface area contributed by atoms with Crippen LogP contribution in [0.4, 0.5) is 0 Å². The largest absolute Gasteiger partial charge is 0.386 e. The van der Waals surface area contributed by atoms with Crippen molar-refractivity contribution in [1.29, 1.82) is 10.5 Å². The van der Waals surface area contributed by atoms with Crippen LogP contribution in [0.25, 0.3) is 0 Å². The lowest BCUT2D eigenvalue weighted by atomic mass is 9.62. The Morgan fingerprint density at radius 3 is 2.32 bits per heavy atom. The molecule has 2 aliphatic rings. The van der Waals surface area contributed by atoms with E-state index in [1.165, 1.54) is 14.2 Å². The number of rotatable bonds is 3. The van der Waals surface area contributed by atoms with Crippen LogP contribution in [-0.4, -0.2) is 50.8 Å². The van der Waals surface area contributed by atoms with E-state index < -0.39 is 16.7 Å². The first-order valence-corrected chi connectivity index (χ1v) is 6.85. The van der Waals surface area contributed by atoms with Crippen LogP contribution < -0.4 is 5.73 Å². The molecule has 1 heterocycles. The Morgan fingerprint density at radius 1 is 1.32 bits per heavy atom. The molecule has 0 radical (unpaired) electrons. The number of nitriles is 2. The quantitative estimate of drug-likeness (QED) is 0.590. The zero-order valence-corrected chi connectivity index (χ0v) is 13.4. The number of amidine groups is 1. The molecule has 0 amide bonds. The molecule has 1 fully saturated rings. The van der Waals surface area contributed by atoms with Crippen LogP contribution in [-0.2, 0) is 9.47 Å². The van der Waals surface area contributed by atoms with Gasteiger partial charge in [0.2, 0.25) is 0 Å². The van der Waals surface area contributed by atoms with Crippen molar-refractivity contribution in [2.75, 3.05) is 28.3 Å². The molecule has 0 aromatic rings. The second-order valence-corrected chi connectivity index (χ2v) is 5.77. The molecule has 8 heteroatoms. The molecule has 1 saturated carbocycles. The number of hydrogen-bond donors (Lipinski definition) is 1. The molecule has 0 aromatic heterocycles. The third kappa shape index (κ3) is 1.46. The molecule has 0 saturated heterocycles. The number of ether oxygens (including phenoxy) is 2. The fourth-order valence-electron chi connectivity index (χ4n) is 3.71. The van der Waals surface area contributed by atoms with Crippen molar-refractivity contribution in [3.8, 4) is 12.1 Å². The Labute approximate surface area is 129 Å². The fraction of sp³-hybridized carbons (Fsp3) is 0.714. The van der Waals surface area contributed by atoms with E-state index in [-0.39, 0.29) is 11.8 Å². The summed E-state index contributed by atoms with van der Waals surface area (Å²) >= 11 is 0. The molecule has 22 heavy (non-hydrogen) atoms. The highest BCUT2D eigenvalue weighted by molar-refractivity contribution is 6.09. The molecule has 3 atom stereocenters. The van der Waals surface area contributed by atoms with Crippen LogP contribution in [0.1, 0.15) is 13.3 Å². The highest BCUT2D eigenvalue weighted by atomic mass is 16.7. The number of hydrogen-bond acceptors (Lipinski definition) is 8. The molecular weight excluding hydrogens is 284 g/mol. The van der Waals surface area contributed by atoms with Gasteiger partial charge in [-0.2, -0.15) is 15.6 Å². The van der Waals surface area contributed by atoms with E-state index >= 15 is 0 Å². The maximum absolute atomic E-state index is 10.1. The molecule has 0 unspecified atom stereocenters. The first kappa shape index (κ1) is 16.2. The Kier molecular flexibility index (Phi) is 3.64. The number of hydrazone groups is 1. The zero-order valence-electron chi connectivity index (χ0n) is 13.4. The summed E-state index contributed by atoms with van der Waals surface area (Å²) in [4.78, 5) is 4.24. The van der Waals surface area contributed by atoms with Crippen molar-refractivity contribution < 1.29 is 9.47 Å². The number of nitrogens with two attached hydrogens (primary N) is 1. The minimum atomic E-state index is -1.68. The highest BCUT2D eigenvalue weighted by Gasteiger charge is 2.80. The van der Waals surface area contributed by atoms with Crippen molar-refractivity contribution in [1.82, 2.24) is 5.01 Å². The van der Waals surface area contributed by atoms with Crippen LogP contribution in [0.15, 0.2) is 10.1 Å². The Balaban J connectivity index is 2.89. The predicted molar refractivity (Wildman–Crippen MR) is 79.4 cm³/mol. The highest BCUT2D eigenvalue weighted by Crippen LogP contribution is 2.64. The van der Waals surface area contributed by atoms with Gasteiger partial charge in [0.15, 0.2) is 5.41 Å². The molecule has 0 spiro atoms. The van der Waals surface area contributed by atoms with Gasteiger partial charge in [0.1, 0.15) is 11.3 Å². The summed E-state index contributed by atoms with van der Waals surface area (Å²) in [6, 6.07) is 4.44. The maximum Gasteiger partial charge on any atom is 0.297 e. The lowest BCUT2D eigenvalue weighted by Crippen LogP contribution is -2.58. The summed E-state index contributed by atoms with van der Waals surface area (Å²) in [6.45, 7) is 1.86. The van der Waals surface area contributed by atoms with Crippen molar-refractivity contribution in [2.24, 2.45) is 32.6 Å². The smallest absolute Gasteiger partial charge is 0.297 e. The molecule has 0 aromatic carbocycles. The normalized spacial score (nSPS) is 37.3. The fourth-order valence-corrected chi connectivity index (χ4v) is 3.71. The van der Waals surface area contributed by atoms with E-state index in [9.17, 15) is 10.5 Å². The molecule has 1 aliphatic carbocycles. The lowest BCUT2D eigenvalue weighted by molar-refractivity contribution is -0.240. The van der Waals surface area contributed by atoms with Gasteiger partial charge >= 0.3 is 0 Å². The van der Waals surface area contributed by atoms with Crippen LogP contribution in [0.5, 0.6) is 0 Å². The van der Waals surface area contributed by atoms with Crippen LogP contribution in [0, 0.1) is 39.4 Å². The van der Waals surface area contributed by atoms with E-state index in [0.717, 1.165) is 0 Å². The third-order valence-corrected chi connectivity index (χ3v) is 4.63. The van der Waals surface area contributed by atoms with Crippen molar-refractivity contribution in [3.63, 3.8) is 0 Å². The first-order chi connectivity index (χ1) is 10.3. The molecular formula is C14H20N6O2. The summed E-state index contributed by atoms with van der Waals surface area (Å²) in [5.41, 5.74) is 3.72. The average molecular weight is 304 g/mol. The molecule has 118 valence electrons. The van der Waals surface area contributed by atoms with Crippen LogP contribution in [0.2, 0.25) is 0 Å². The topological polar surface area (TPSA) is 120 Å². The van der Waals surface area contributed by atoms with E-state index in [1.807, 2.05) is 6.92 Å². The predicted octanol–water partition coefficient (Wildman–Crippen LogP) is 0.281. The van der Waals surface area contributed by atoms with Gasteiger partial charge in [0, 0.05) is 28.3 Å². The number of aliphatic imine (C=N–C) groups is 1. The summed E-state index contributed by atoms with van der Waals surface area (Å²) in [5, 5.41) is 25.9. The SMILES string of the molecule is COC1(OC)N=C(N)[C@]2(C#N)[C@H](C)C/C(=N/N(C)C)[C@@]12C#N. The minimum absolute atomic E-state index is 0.0525. The van der Waals surface area contributed by atoms with Crippen molar-refractivity contribution in [2.45, 2.75) is 19.3 Å². The van der Waals surface area contributed by atoms with E-state index in [4.69, 9.17) is 15.2 Å². The van der Waals surface area contributed by atoms with Gasteiger partial charge in [-0.1, -0.05) is 6.92 Å². The van der Waals surface area contributed by atoms with Gasteiger partial charge in [-0.25, -0.2) is 4.99 Å². The molecule has 2 rings (SSSR count). The van der Waals surface area contributed by atoms with Gasteiger partial charge in [-0.15, -0.1) is 0 Å². The average Bonchev–Trinajstić information content (AvgIpc) is 2.86. The molecule has 0 bridgehead atoms. The standard InChI is InChI=1S/C14H20N6O2/c1-9-6-10(19-20(2)3)13(8-16)12(9,7-15)11(17)18-14(13,21-4)22-5/h9H,6H2,1-5H3,(H2,17,18)/b19-10-/t9-,12+,13-/m1/s1. The monoisotopic (exact) mass is 304 g/mol. The van der Waals surface area contributed by atoms with Crippen molar-refractivity contribution >= 4 is 11.5 Å². The Bertz CT molecular complexity index is 624. The first-order valence-electron chi connectivity index (χ1n) is 6.85. The third-order valence-electron chi connectivity index (χ3n) is 4.63. The van der Waals surface area contributed by atoms with Gasteiger partial charge in [-0.05, 0) is 12.3 Å². The number of nitrogens with zero attached hydrogens (tertiary/aromatic N) is 5. The van der Waals surface area contributed by atoms with Crippen LogP contribution >= 0.6 is 0 Å². The molecule has 2 N–H and O–H groups in total. The van der Waals surface area contributed by atoms with E-state index in [0.29, 0.717) is 12.1 Å². The molecule has 1 aliphatic heterocycles. The second kappa shape index (κ2) is 4.94. The molecule has 8 nitrogen and oxygen atoms in total. The summed E-state index contributed by atoms with van der Waals surface area (Å²) in [6.07, 6.45) is 0.435. The lowest BCUT2D eigenvalue weighted by Gasteiger charge is -2.39. The minimum Gasteiger partial charge on any atom is -0.386 e. The van der Waals surface area contributed by atoms with Crippen molar-refractivity contribution in [3.05, 3.63) is 0 Å². The maximum atomic E-state index is 10.1. The number of fused-ring (bicyclic) bond motifs is 1. The summed E-state index contributed by atoms with van der Waals surface area (Å²) < 4.78 is 10.9. The van der Waals surface area contributed by atoms with Crippen LogP contribution in [0.3, 0.4) is 0 Å². The Hall–Kier alpha value is -2.16. The van der Waals surface area contributed by atoms with E-state index in [1.54, 1.807) is 19.1 Å². The second-order valence-electron chi connectivity index (χ2n) is 5.77. The zero-order chi connectivity index (χ0) is 16.8. The van der Waals surface area contributed by atoms with Gasteiger partial charge in [0.05, 0.1) is 17.9 Å². The summed E-state index contributed by atoms with van der Waals surface area (Å²) in [5.74, 6) is -1.87. The summed E-state index contributed by atoms with van der Waals surface area (Å²) in [7, 11) is 6.25. The Morgan fingerprint density at radius 2 is 1.91 bits per heavy atom. The van der Waals surface area contributed by atoms with Gasteiger partial charge < -0.3 is 20.2 Å².